The van der Waals surface area contributed by atoms with E-state index in [-0.39, 0.29) is 0 Å². The molecule has 1 aromatic carbocycles. The Morgan fingerprint density at radius 1 is 0.872 bits per heavy atom. The lowest BCUT2D eigenvalue weighted by molar-refractivity contribution is 0.0378. The fourth-order valence-corrected chi connectivity index (χ4v) is 5.48. The molecule has 0 aliphatic carbocycles. The fourth-order valence-electron chi connectivity index (χ4n) is 5.08. The number of nitrogens with one attached hydrogen (secondary N) is 1. The Labute approximate surface area is 236 Å². The highest BCUT2D eigenvalue weighted by molar-refractivity contribution is 9.10. The van der Waals surface area contributed by atoms with Crippen LogP contribution in [0.5, 0.6) is 0 Å². The summed E-state index contributed by atoms with van der Waals surface area (Å²) in [6.07, 6.45) is 4.51. The summed E-state index contributed by atoms with van der Waals surface area (Å²) in [6, 6.07) is 14.6. The maximum atomic E-state index is 5.48. The average molecular weight is 591 g/mol. The van der Waals surface area contributed by atoms with Crippen LogP contribution in [-0.4, -0.2) is 90.5 Å². The molecule has 2 saturated heterocycles. The molecule has 9 nitrogen and oxygen atoms in total. The summed E-state index contributed by atoms with van der Waals surface area (Å²) in [5.74, 6) is 1.76. The number of nitrogens with zero attached hydrogens (tertiary/aromatic N) is 6. The highest BCUT2D eigenvalue weighted by Crippen LogP contribution is 2.35. The zero-order valence-corrected chi connectivity index (χ0v) is 23.4. The predicted octanol–water partition coefficient (Wildman–Crippen LogP) is 4.49. The molecular weight excluding hydrogens is 558 g/mol. The van der Waals surface area contributed by atoms with Crippen molar-refractivity contribution in [3.05, 3.63) is 59.5 Å². The normalized spacial score (nSPS) is 16.5. The number of halogens is 1. The van der Waals surface area contributed by atoms with E-state index in [0.717, 1.165) is 116 Å². The number of pyridine rings is 2. The highest BCUT2D eigenvalue weighted by Gasteiger charge is 2.17. The van der Waals surface area contributed by atoms with E-state index in [9.17, 15) is 0 Å². The summed E-state index contributed by atoms with van der Waals surface area (Å²) in [5.41, 5.74) is 4.54. The summed E-state index contributed by atoms with van der Waals surface area (Å²) in [5, 5.41) is 4.49. The lowest BCUT2D eigenvalue weighted by Crippen LogP contribution is -2.37. The summed E-state index contributed by atoms with van der Waals surface area (Å²) in [6.45, 7) is 8.66. The van der Waals surface area contributed by atoms with E-state index >= 15 is 0 Å². The monoisotopic (exact) mass is 589 g/mol. The molecule has 10 heteroatoms. The molecule has 2 aliphatic rings. The molecular formula is C29H32BrN7O2. The van der Waals surface area contributed by atoms with E-state index in [1.54, 1.807) is 6.33 Å². The van der Waals surface area contributed by atoms with Gasteiger partial charge in [0.1, 0.15) is 18.0 Å². The third kappa shape index (κ3) is 6.19. The van der Waals surface area contributed by atoms with Crippen LogP contribution < -0.4 is 10.2 Å². The van der Waals surface area contributed by atoms with Gasteiger partial charge in [-0.2, -0.15) is 0 Å². The number of anilines is 2. The minimum absolute atomic E-state index is 0.658. The summed E-state index contributed by atoms with van der Waals surface area (Å²) in [7, 11) is 0. The smallest absolute Gasteiger partial charge is 0.165 e. The van der Waals surface area contributed by atoms with Gasteiger partial charge in [0.05, 0.1) is 37.5 Å². The van der Waals surface area contributed by atoms with E-state index in [2.05, 4.69) is 71.3 Å². The van der Waals surface area contributed by atoms with Crippen LogP contribution in [0.1, 0.15) is 6.42 Å². The topological polar surface area (TPSA) is 88.5 Å². The number of fused-ring (bicyclic) bond motifs is 1. The number of aromatic nitrogens is 4. The summed E-state index contributed by atoms with van der Waals surface area (Å²) in [4.78, 5) is 23.6. The van der Waals surface area contributed by atoms with Gasteiger partial charge in [0.15, 0.2) is 5.65 Å². The molecule has 0 unspecified atom stereocenters. The van der Waals surface area contributed by atoms with Gasteiger partial charge in [-0.05, 0) is 54.4 Å². The largest absolute Gasteiger partial charge is 0.379 e. The molecule has 202 valence electrons. The second kappa shape index (κ2) is 12.3. The first-order chi connectivity index (χ1) is 19.2. The second-order valence-electron chi connectivity index (χ2n) is 9.73. The zero-order valence-electron chi connectivity index (χ0n) is 21.9. The lowest BCUT2D eigenvalue weighted by Gasteiger charge is -2.27. The van der Waals surface area contributed by atoms with Crippen molar-refractivity contribution in [3.8, 4) is 22.4 Å². The average Bonchev–Trinajstić information content (AvgIpc) is 3.00. The van der Waals surface area contributed by atoms with Gasteiger partial charge < -0.3 is 19.7 Å². The van der Waals surface area contributed by atoms with Crippen molar-refractivity contribution in [3.63, 3.8) is 0 Å². The maximum Gasteiger partial charge on any atom is 0.165 e. The van der Waals surface area contributed by atoms with Crippen LogP contribution in [-0.2, 0) is 9.47 Å². The van der Waals surface area contributed by atoms with E-state index in [4.69, 9.17) is 19.4 Å². The van der Waals surface area contributed by atoms with Crippen LogP contribution in [0.15, 0.2) is 59.5 Å². The molecule has 3 aromatic heterocycles. The van der Waals surface area contributed by atoms with Gasteiger partial charge in [0, 0.05) is 49.0 Å². The van der Waals surface area contributed by atoms with Gasteiger partial charge in [0.2, 0.25) is 0 Å². The van der Waals surface area contributed by atoms with Crippen molar-refractivity contribution in [1.29, 1.82) is 0 Å². The molecule has 1 N–H and O–H groups in total. The Morgan fingerprint density at radius 3 is 2.46 bits per heavy atom. The molecule has 2 aliphatic heterocycles. The van der Waals surface area contributed by atoms with Crippen LogP contribution in [0.2, 0.25) is 0 Å². The van der Waals surface area contributed by atoms with Crippen LogP contribution in [0, 0.1) is 0 Å². The maximum absolute atomic E-state index is 5.48. The Balaban J connectivity index is 1.31. The summed E-state index contributed by atoms with van der Waals surface area (Å²) >= 11 is 3.64. The van der Waals surface area contributed by atoms with Crippen LogP contribution >= 0.6 is 15.9 Å². The van der Waals surface area contributed by atoms with Crippen molar-refractivity contribution in [2.45, 2.75) is 6.42 Å². The predicted molar refractivity (Wildman–Crippen MR) is 157 cm³/mol. The Hall–Kier alpha value is -3.18. The van der Waals surface area contributed by atoms with E-state index in [1.807, 2.05) is 18.3 Å². The third-order valence-electron chi connectivity index (χ3n) is 7.17. The Morgan fingerprint density at radius 2 is 1.69 bits per heavy atom. The molecule has 0 spiro atoms. The van der Waals surface area contributed by atoms with Crippen molar-refractivity contribution in [1.82, 2.24) is 24.8 Å². The minimum atomic E-state index is 0.658. The number of hydrogen-bond acceptors (Lipinski definition) is 9. The number of hydrogen-bond donors (Lipinski definition) is 1. The van der Waals surface area contributed by atoms with E-state index < -0.39 is 0 Å². The summed E-state index contributed by atoms with van der Waals surface area (Å²) < 4.78 is 12.0. The molecule has 0 bridgehead atoms. The first-order valence-corrected chi connectivity index (χ1v) is 14.3. The van der Waals surface area contributed by atoms with E-state index in [0.29, 0.717) is 5.65 Å². The highest BCUT2D eigenvalue weighted by atomic mass is 79.9. The van der Waals surface area contributed by atoms with E-state index in [1.165, 1.54) is 0 Å². The second-order valence-corrected chi connectivity index (χ2v) is 10.6. The molecule has 39 heavy (non-hydrogen) atoms. The molecule has 5 heterocycles. The molecule has 0 radical (unpaired) electrons. The first kappa shape index (κ1) is 26.1. The Kier molecular flexibility index (Phi) is 8.24. The van der Waals surface area contributed by atoms with Crippen molar-refractivity contribution in [2.24, 2.45) is 0 Å². The van der Waals surface area contributed by atoms with Gasteiger partial charge >= 0.3 is 0 Å². The van der Waals surface area contributed by atoms with Crippen molar-refractivity contribution < 1.29 is 9.47 Å². The standard InChI is InChI=1S/C29H32BrN7O2/c30-23-4-1-3-21(17-23)24-18-25(22-5-6-26(32-19-22)37-11-15-39-16-12-37)35-29-27(24)28(33-20-34-29)31-7-2-8-36-9-13-38-14-10-36/h1,3-6,17-20H,2,7-16H2,(H,31,33,34,35). The van der Waals surface area contributed by atoms with Gasteiger partial charge in [-0.3, -0.25) is 4.90 Å². The third-order valence-corrected chi connectivity index (χ3v) is 7.66. The van der Waals surface area contributed by atoms with Gasteiger partial charge in [-0.25, -0.2) is 19.9 Å². The number of ether oxygens (including phenoxy) is 2. The molecule has 0 saturated carbocycles. The molecule has 0 atom stereocenters. The van der Waals surface area contributed by atoms with Crippen LogP contribution in [0.3, 0.4) is 0 Å². The molecule has 4 aromatic rings. The van der Waals surface area contributed by atoms with Crippen molar-refractivity contribution >= 4 is 38.6 Å². The van der Waals surface area contributed by atoms with Crippen LogP contribution in [0.25, 0.3) is 33.4 Å². The zero-order chi connectivity index (χ0) is 26.4. The van der Waals surface area contributed by atoms with Gasteiger partial charge in [-0.1, -0.05) is 28.1 Å². The fraction of sp³-hybridized carbons (Fsp3) is 0.379. The first-order valence-electron chi connectivity index (χ1n) is 13.5. The number of morpholine rings is 2. The molecule has 6 rings (SSSR count). The van der Waals surface area contributed by atoms with Crippen LogP contribution in [0.4, 0.5) is 11.6 Å². The molecule has 2 fully saturated rings. The SMILES string of the molecule is Brc1cccc(-c2cc(-c3ccc(N4CCOCC4)nc3)nc3ncnc(NCCCN4CCOCC4)c23)c1. The number of rotatable bonds is 8. The van der Waals surface area contributed by atoms with Crippen molar-refractivity contribution in [2.75, 3.05) is 75.9 Å². The van der Waals surface area contributed by atoms with Gasteiger partial charge in [0.25, 0.3) is 0 Å². The lowest BCUT2D eigenvalue weighted by atomic mass is 10.00. The molecule has 0 amide bonds. The minimum Gasteiger partial charge on any atom is -0.379 e. The quantitative estimate of drug-likeness (QED) is 0.299. The van der Waals surface area contributed by atoms with Gasteiger partial charge in [-0.15, -0.1) is 0 Å². The number of benzene rings is 1. The Bertz CT molecular complexity index is 1410.